The monoisotopic (exact) mass is 299 g/mol. The molecule has 0 radical (unpaired) electrons. The molecule has 3 nitrogen and oxygen atoms in total. The molecular weight excluding hydrogens is 286 g/mol. The van der Waals surface area contributed by atoms with Crippen LogP contribution in [0.3, 0.4) is 0 Å². The maximum absolute atomic E-state index is 12.9. The van der Waals surface area contributed by atoms with E-state index in [2.05, 4.69) is 12.2 Å². The number of hydrogen-bond acceptors (Lipinski definition) is 2. The van der Waals surface area contributed by atoms with E-state index in [9.17, 15) is 9.59 Å². The topological polar surface area (TPSA) is 37.4 Å². The third kappa shape index (κ3) is 1.35. The number of halogens is 1. The van der Waals surface area contributed by atoms with Crippen molar-refractivity contribution < 1.29 is 9.59 Å². The fraction of sp³-hybridized carbons (Fsp3) is 0.412. The summed E-state index contributed by atoms with van der Waals surface area (Å²) in [4.78, 5) is 27.1. The van der Waals surface area contributed by atoms with Crippen LogP contribution in [0.25, 0.3) is 0 Å². The van der Waals surface area contributed by atoms with Crippen LogP contribution in [0.1, 0.15) is 6.42 Å². The van der Waals surface area contributed by atoms with Gasteiger partial charge in [-0.05, 0) is 42.2 Å². The largest absolute Gasteiger partial charge is 0.274 e. The normalized spacial score (nSPS) is 42.2. The van der Waals surface area contributed by atoms with E-state index in [1.54, 1.807) is 12.1 Å². The molecule has 0 unspecified atom stereocenters. The van der Waals surface area contributed by atoms with Gasteiger partial charge in [0.15, 0.2) is 0 Å². The number of benzene rings is 1. The third-order valence-electron chi connectivity index (χ3n) is 5.76. The Bertz CT molecular complexity index is 676. The van der Waals surface area contributed by atoms with Crippen LogP contribution in [0.4, 0.5) is 5.69 Å². The summed E-state index contributed by atoms with van der Waals surface area (Å²) in [6, 6.07) is 7.10. The highest BCUT2D eigenvalue weighted by atomic mass is 35.5. The second-order valence-corrected chi connectivity index (χ2v) is 7.03. The lowest BCUT2D eigenvalue weighted by Gasteiger charge is -2.37. The minimum atomic E-state index is -0.160. The average molecular weight is 300 g/mol. The van der Waals surface area contributed by atoms with Crippen LogP contribution in [-0.4, -0.2) is 11.8 Å². The standard InChI is InChI=1S/C17H14ClNO2/c18-12-3-1-2-4-13(12)19-16(20)14-8-5-6-9(11-7-10(8)11)15(14)17(19)21/h1-6,8-11,14-15H,7H2/t8-,9-,10-,11+,14+,15+/m1/s1. The van der Waals surface area contributed by atoms with E-state index in [-0.39, 0.29) is 35.5 Å². The first-order valence-corrected chi connectivity index (χ1v) is 7.87. The first-order chi connectivity index (χ1) is 10.2. The van der Waals surface area contributed by atoms with Crippen LogP contribution in [0, 0.1) is 35.5 Å². The van der Waals surface area contributed by atoms with E-state index < -0.39 is 0 Å². The fourth-order valence-corrected chi connectivity index (χ4v) is 5.05. The summed E-state index contributed by atoms with van der Waals surface area (Å²) >= 11 is 6.20. The van der Waals surface area contributed by atoms with Crippen LogP contribution in [0.2, 0.25) is 5.02 Å². The van der Waals surface area contributed by atoms with Crippen molar-refractivity contribution in [3.63, 3.8) is 0 Å². The zero-order valence-electron chi connectivity index (χ0n) is 11.3. The molecule has 21 heavy (non-hydrogen) atoms. The van der Waals surface area contributed by atoms with E-state index in [4.69, 9.17) is 11.6 Å². The molecule has 2 bridgehead atoms. The van der Waals surface area contributed by atoms with Crippen LogP contribution in [0.5, 0.6) is 0 Å². The molecule has 0 N–H and O–H groups in total. The van der Waals surface area contributed by atoms with Crippen LogP contribution in [-0.2, 0) is 9.59 Å². The van der Waals surface area contributed by atoms with Gasteiger partial charge in [-0.3, -0.25) is 9.59 Å². The summed E-state index contributed by atoms with van der Waals surface area (Å²) in [5, 5.41) is 0.461. The molecule has 6 rings (SSSR count). The second kappa shape index (κ2) is 3.77. The predicted molar refractivity (Wildman–Crippen MR) is 78.6 cm³/mol. The summed E-state index contributed by atoms with van der Waals surface area (Å²) in [5.74, 6) is 1.35. The van der Waals surface area contributed by atoms with Gasteiger partial charge in [0.25, 0.3) is 0 Å². The van der Waals surface area contributed by atoms with Gasteiger partial charge in [-0.2, -0.15) is 0 Å². The molecule has 0 aromatic heterocycles. The van der Waals surface area contributed by atoms with Crippen molar-refractivity contribution in [3.05, 3.63) is 41.4 Å². The number of nitrogens with zero attached hydrogens (tertiary/aromatic N) is 1. The van der Waals surface area contributed by atoms with Crippen molar-refractivity contribution >= 4 is 29.1 Å². The quantitative estimate of drug-likeness (QED) is 0.591. The van der Waals surface area contributed by atoms with Crippen LogP contribution in [0.15, 0.2) is 36.4 Å². The molecule has 6 atom stereocenters. The number of carbonyl (C=O) groups excluding carboxylic acids is 2. The molecule has 2 amide bonds. The number of rotatable bonds is 1. The highest BCUT2D eigenvalue weighted by molar-refractivity contribution is 6.36. The minimum Gasteiger partial charge on any atom is -0.274 e. The summed E-state index contributed by atoms with van der Waals surface area (Å²) in [6.45, 7) is 0. The number of amides is 2. The van der Waals surface area contributed by atoms with Gasteiger partial charge in [0, 0.05) is 0 Å². The van der Waals surface area contributed by atoms with E-state index in [0.29, 0.717) is 22.5 Å². The Balaban J connectivity index is 1.62. The lowest BCUT2D eigenvalue weighted by molar-refractivity contribution is -0.124. The van der Waals surface area contributed by atoms with E-state index in [1.165, 1.54) is 11.3 Å². The zero-order chi connectivity index (χ0) is 14.3. The fourth-order valence-electron chi connectivity index (χ4n) is 4.83. The summed E-state index contributed by atoms with van der Waals surface area (Å²) < 4.78 is 0. The minimum absolute atomic E-state index is 0.0530. The van der Waals surface area contributed by atoms with Gasteiger partial charge < -0.3 is 0 Å². The number of para-hydroxylation sites is 1. The highest BCUT2D eigenvalue weighted by Crippen LogP contribution is 2.65. The van der Waals surface area contributed by atoms with Gasteiger partial charge in [-0.1, -0.05) is 35.9 Å². The number of hydrogen-bond donors (Lipinski definition) is 0. The van der Waals surface area contributed by atoms with E-state index in [1.807, 2.05) is 12.1 Å². The van der Waals surface area contributed by atoms with Crippen molar-refractivity contribution in [1.29, 1.82) is 0 Å². The molecule has 5 aliphatic rings. The summed E-state index contributed by atoms with van der Waals surface area (Å²) in [6.07, 6.45) is 5.55. The summed E-state index contributed by atoms with van der Waals surface area (Å²) in [7, 11) is 0. The molecule has 1 saturated heterocycles. The lowest BCUT2D eigenvalue weighted by atomic mass is 9.63. The lowest BCUT2D eigenvalue weighted by Crippen LogP contribution is -2.40. The Morgan fingerprint density at radius 3 is 2.10 bits per heavy atom. The summed E-state index contributed by atoms with van der Waals surface area (Å²) in [5.41, 5.74) is 0.539. The van der Waals surface area contributed by atoms with Gasteiger partial charge in [-0.15, -0.1) is 0 Å². The van der Waals surface area contributed by atoms with Gasteiger partial charge in [0.2, 0.25) is 11.8 Å². The molecule has 3 fully saturated rings. The van der Waals surface area contributed by atoms with Crippen molar-refractivity contribution in [2.24, 2.45) is 35.5 Å². The first kappa shape index (κ1) is 12.0. The highest BCUT2D eigenvalue weighted by Gasteiger charge is 2.67. The number of allylic oxidation sites excluding steroid dienone is 2. The van der Waals surface area contributed by atoms with E-state index in [0.717, 1.165) is 0 Å². The molecule has 2 saturated carbocycles. The average Bonchev–Trinajstić information content (AvgIpc) is 3.26. The Kier molecular flexibility index (Phi) is 2.15. The second-order valence-electron chi connectivity index (χ2n) is 6.62. The van der Waals surface area contributed by atoms with E-state index >= 15 is 0 Å². The molecule has 1 aromatic carbocycles. The van der Waals surface area contributed by atoms with Gasteiger partial charge in [0.05, 0.1) is 22.5 Å². The van der Waals surface area contributed by atoms with Gasteiger partial charge >= 0.3 is 0 Å². The van der Waals surface area contributed by atoms with Crippen molar-refractivity contribution in [2.45, 2.75) is 6.42 Å². The number of anilines is 1. The Morgan fingerprint density at radius 2 is 1.52 bits per heavy atom. The van der Waals surface area contributed by atoms with Crippen molar-refractivity contribution in [1.82, 2.24) is 0 Å². The van der Waals surface area contributed by atoms with Gasteiger partial charge in [-0.25, -0.2) is 4.90 Å². The maximum Gasteiger partial charge on any atom is 0.238 e. The first-order valence-electron chi connectivity index (χ1n) is 7.49. The van der Waals surface area contributed by atoms with Crippen molar-refractivity contribution in [2.75, 3.05) is 4.90 Å². The van der Waals surface area contributed by atoms with Crippen molar-refractivity contribution in [3.8, 4) is 0 Å². The molecule has 0 spiro atoms. The van der Waals surface area contributed by atoms with Gasteiger partial charge in [0.1, 0.15) is 0 Å². The molecule has 106 valence electrons. The predicted octanol–water partition coefficient (Wildman–Crippen LogP) is 2.90. The molecule has 4 heteroatoms. The Labute approximate surface area is 127 Å². The molecule has 1 aromatic rings. The van der Waals surface area contributed by atoms with Crippen LogP contribution >= 0.6 is 11.6 Å². The smallest absolute Gasteiger partial charge is 0.238 e. The molecule has 1 heterocycles. The molecular formula is C17H14ClNO2. The third-order valence-corrected chi connectivity index (χ3v) is 6.08. The molecule has 1 aliphatic heterocycles. The molecule has 4 aliphatic carbocycles. The number of imide groups is 1. The Morgan fingerprint density at radius 1 is 0.952 bits per heavy atom. The zero-order valence-corrected chi connectivity index (χ0v) is 12.0. The Hall–Kier alpha value is -1.61. The number of carbonyl (C=O) groups is 2. The van der Waals surface area contributed by atoms with Crippen LogP contribution < -0.4 is 4.90 Å². The maximum atomic E-state index is 12.9. The SMILES string of the molecule is O=C1[C@H]2[C@@H]3C=C[C@H]([C@@H]4C[C@H]34)[C@@H]2C(=O)N1c1ccccc1Cl.